The Kier molecular flexibility index (Phi) is 4.30. The number of aromatic nitrogens is 1. The van der Waals surface area contributed by atoms with Crippen molar-refractivity contribution >= 4 is 23.2 Å². The molecule has 2 atom stereocenters. The van der Waals surface area contributed by atoms with Gasteiger partial charge >= 0.3 is 0 Å². The molecule has 2 fully saturated rings. The lowest BCUT2D eigenvalue weighted by atomic mass is 9.78. The zero-order chi connectivity index (χ0) is 13.2. The van der Waals surface area contributed by atoms with Gasteiger partial charge in [-0.2, -0.15) is 0 Å². The molecule has 0 bridgehead atoms. The minimum Gasteiger partial charge on any atom is -0.296 e. The van der Waals surface area contributed by atoms with Crippen LogP contribution < -0.4 is 0 Å². The van der Waals surface area contributed by atoms with E-state index in [0.29, 0.717) is 10.3 Å². The maximum Gasteiger partial charge on any atom is 0.135 e. The van der Waals surface area contributed by atoms with Crippen molar-refractivity contribution in [2.75, 3.05) is 6.54 Å². The van der Waals surface area contributed by atoms with Crippen molar-refractivity contribution in [2.45, 2.75) is 51.1 Å². The second-order valence-electron chi connectivity index (χ2n) is 5.81. The minimum atomic E-state index is 0.475. The second kappa shape index (κ2) is 5.99. The van der Waals surface area contributed by atoms with Crippen LogP contribution in [0.15, 0.2) is 12.1 Å². The molecule has 2 nitrogen and oxygen atoms in total. The van der Waals surface area contributed by atoms with E-state index in [9.17, 15) is 0 Å². The van der Waals surface area contributed by atoms with E-state index >= 15 is 0 Å². The van der Waals surface area contributed by atoms with Crippen molar-refractivity contribution in [1.29, 1.82) is 0 Å². The van der Waals surface area contributed by atoms with Crippen LogP contribution in [-0.2, 0) is 6.54 Å². The molecule has 2 aliphatic rings. The Hall–Kier alpha value is -0.310. The van der Waals surface area contributed by atoms with Crippen LogP contribution in [0.1, 0.15) is 44.1 Å². The van der Waals surface area contributed by atoms with Crippen LogP contribution in [0.25, 0.3) is 0 Å². The first-order chi connectivity index (χ1) is 9.24. The van der Waals surface area contributed by atoms with E-state index in [1.54, 1.807) is 0 Å². The highest BCUT2D eigenvalue weighted by Gasteiger charge is 2.33. The zero-order valence-corrected chi connectivity index (χ0v) is 12.6. The van der Waals surface area contributed by atoms with E-state index in [1.165, 1.54) is 45.1 Å². The quantitative estimate of drug-likeness (QED) is 0.745. The lowest BCUT2D eigenvalue weighted by Crippen LogP contribution is -2.46. The van der Waals surface area contributed by atoms with Gasteiger partial charge in [0.1, 0.15) is 10.3 Å². The first-order valence-corrected chi connectivity index (χ1v) is 8.04. The van der Waals surface area contributed by atoms with Gasteiger partial charge < -0.3 is 0 Å². The third-order valence-corrected chi connectivity index (χ3v) is 5.16. The van der Waals surface area contributed by atoms with Gasteiger partial charge in [0.25, 0.3) is 0 Å². The fourth-order valence-corrected chi connectivity index (χ4v) is 4.11. The molecule has 1 aromatic heterocycles. The third-order valence-electron chi connectivity index (χ3n) is 4.62. The number of hydrogen-bond donors (Lipinski definition) is 0. The van der Waals surface area contributed by atoms with Gasteiger partial charge in [-0.05, 0) is 44.2 Å². The maximum atomic E-state index is 6.20. The molecule has 1 saturated carbocycles. The summed E-state index contributed by atoms with van der Waals surface area (Å²) in [6, 6.07) is 4.61. The van der Waals surface area contributed by atoms with Crippen molar-refractivity contribution < 1.29 is 0 Å². The van der Waals surface area contributed by atoms with Gasteiger partial charge in [-0.3, -0.25) is 4.90 Å². The number of rotatable bonds is 2. The fraction of sp³-hybridized carbons (Fsp3) is 0.667. The van der Waals surface area contributed by atoms with Gasteiger partial charge in [0.15, 0.2) is 0 Å². The Morgan fingerprint density at radius 1 is 1.11 bits per heavy atom. The van der Waals surface area contributed by atoms with Gasteiger partial charge in [-0.15, -0.1) is 0 Å². The lowest BCUT2D eigenvalue weighted by molar-refractivity contribution is 0.0546. The first kappa shape index (κ1) is 13.7. The molecule has 1 aromatic rings. The van der Waals surface area contributed by atoms with Crippen molar-refractivity contribution in [3.05, 3.63) is 28.0 Å². The molecule has 2 heterocycles. The Balaban J connectivity index is 1.74. The summed E-state index contributed by atoms with van der Waals surface area (Å²) in [4.78, 5) is 6.76. The van der Waals surface area contributed by atoms with Crippen LogP contribution in [0.2, 0.25) is 10.3 Å². The van der Waals surface area contributed by atoms with Crippen LogP contribution in [0.4, 0.5) is 0 Å². The van der Waals surface area contributed by atoms with Crippen LogP contribution in [-0.4, -0.2) is 22.5 Å². The molecular formula is C15H20Cl2N2. The molecule has 1 saturated heterocycles. The monoisotopic (exact) mass is 298 g/mol. The van der Waals surface area contributed by atoms with Crippen LogP contribution >= 0.6 is 23.2 Å². The standard InChI is InChI=1S/C15H20Cl2N2/c16-14-8-7-12(15(17)18-14)10-19-9-3-5-11-4-1-2-6-13(11)19/h7-8,11,13H,1-6,9-10H2. The van der Waals surface area contributed by atoms with Crippen LogP contribution in [0.3, 0.4) is 0 Å². The van der Waals surface area contributed by atoms with Crippen LogP contribution in [0, 0.1) is 5.92 Å². The molecule has 104 valence electrons. The summed E-state index contributed by atoms with van der Waals surface area (Å²) in [6.07, 6.45) is 8.28. The summed E-state index contributed by atoms with van der Waals surface area (Å²) in [5, 5.41) is 1.04. The van der Waals surface area contributed by atoms with Gasteiger partial charge in [0, 0.05) is 18.2 Å². The molecule has 0 radical (unpaired) electrons. The highest BCUT2D eigenvalue weighted by atomic mass is 35.5. The smallest absolute Gasteiger partial charge is 0.135 e. The molecule has 19 heavy (non-hydrogen) atoms. The normalized spacial score (nSPS) is 28.1. The van der Waals surface area contributed by atoms with Gasteiger partial charge in [0.05, 0.1) is 0 Å². The second-order valence-corrected chi connectivity index (χ2v) is 6.55. The summed E-state index contributed by atoms with van der Waals surface area (Å²) in [5.41, 5.74) is 1.11. The summed E-state index contributed by atoms with van der Waals surface area (Å²) in [7, 11) is 0. The largest absolute Gasteiger partial charge is 0.296 e. The minimum absolute atomic E-state index is 0.475. The maximum absolute atomic E-state index is 6.20. The fourth-order valence-electron chi connectivity index (χ4n) is 3.70. The number of nitrogens with zero attached hydrogens (tertiary/aromatic N) is 2. The molecule has 4 heteroatoms. The molecule has 2 unspecified atom stereocenters. The van der Waals surface area contributed by atoms with E-state index in [1.807, 2.05) is 12.1 Å². The van der Waals surface area contributed by atoms with Crippen molar-refractivity contribution in [3.63, 3.8) is 0 Å². The number of fused-ring (bicyclic) bond motifs is 1. The van der Waals surface area contributed by atoms with E-state index in [2.05, 4.69) is 9.88 Å². The molecule has 0 spiro atoms. The van der Waals surface area contributed by atoms with Crippen molar-refractivity contribution in [3.8, 4) is 0 Å². The predicted molar refractivity (Wildman–Crippen MR) is 79.6 cm³/mol. The molecule has 0 aromatic carbocycles. The van der Waals surface area contributed by atoms with Gasteiger partial charge in [-0.25, -0.2) is 4.98 Å². The molecule has 0 N–H and O–H groups in total. The SMILES string of the molecule is Clc1ccc(CN2CCCC3CCCCC32)c(Cl)n1. The number of pyridine rings is 1. The van der Waals surface area contributed by atoms with E-state index in [4.69, 9.17) is 23.2 Å². The van der Waals surface area contributed by atoms with Crippen LogP contribution in [0.5, 0.6) is 0 Å². The summed E-state index contributed by atoms with van der Waals surface area (Å²) in [5.74, 6) is 0.904. The predicted octanol–water partition coefficient (Wildman–Crippen LogP) is 4.54. The zero-order valence-electron chi connectivity index (χ0n) is 11.1. The van der Waals surface area contributed by atoms with Gasteiger partial charge in [-0.1, -0.05) is 42.1 Å². The third kappa shape index (κ3) is 3.07. The summed E-state index contributed by atoms with van der Waals surface area (Å²) >= 11 is 12.1. The van der Waals surface area contributed by atoms with E-state index in [0.717, 1.165) is 24.1 Å². The summed E-state index contributed by atoms with van der Waals surface area (Å²) < 4.78 is 0. The van der Waals surface area contributed by atoms with E-state index < -0.39 is 0 Å². The highest BCUT2D eigenvalue weighted by molar-refractivity contribution is 6.32. The highest BCUT2D eigenvalue weighted by Crippen LogP contribution is 2.36. The summed E-state index contributed by atoms with van der Waals surface area (Å²) in [6.45, 7) is 2.12. The number of piperidine rings is 1. The average molecular weight is 299 g/mol. The number of likely N-dealkylation sites (tertiary alicyclic amines) is 1. The Morgan fingerprint density at radius 2 is 1.89 bits per heavy atom. The molecule has 1 aliphatic heterocycles. The van der Waals surface area contributed by atoms with Crippen molar-refractivity contribution in [1.82, 2.24) is 9.88 Å². The Bertz CT molecular complexity index is 448. The first-order valence-electron chi connectivity index (χ1n) is 7.29. The Morgan fingerprint density at radius 3 is 2.74 bits per heavy atom. The average Bonchev–Trinajstić information content (AvgIpc) is 2.42. The molecular weight excluding hydrogens is 279 g/mol. The Labute approximate surface area is 125 Å². The number of halogens is 2. The topological polar surface area (TPSA) is 16.1 Å². The molecule has 0 amide bonds. The van der Waals surface area contributed by atoms with Crippen molar-refractivity contribution in [2.24, 2.45) is 5.92 Å². The molecule has 1 aliphatic carbocycles. The lowest BCUT2D eigenvalue weighted by Gasteiger charge is -2.44. The van der Waals surface area contributed by atoms with Gasteiger partial charge in [0.2, 0.25) is 0 Å². The van der Waals surface area contributed by atoms with E-state index in [-0.39, 0.29) is 0 Å². The molecule has 3 rings (SSSR count). The number of hydrogen-bond acceptors (Lipinski definition) is 2.